The van der Waals surface area contributed by atoms with Crippen LogP contribution in [0.2, 0.25) is 0 Å². The van der Waals surface area contributed by atoms with Gasteiger partial charge < -0.3 is 14.4 Å². The normalized spacial score (nSPS) is 26.0. The minimum Gasteiger partial charge on any atom is -0.380 e. The first-order valence-corrected chi connectivity index (χ1v) is 12.7. The second-order valence-electron chi connectivity index (χ2n) is 9.98. The van der Waals surface area contributed by atoms with Gasteiger partial charge in [0.1, 0.15) is 17.8 Å². The summed E-state index contributed by atoms with van der Waals surface area (Å²) in [5, 5.41) is 5.70. The standard InChI is InChI=1S/C26H33FN6O2/c1-17-11-19-14-28-33(26-13-25(29-18(2)30-26)31-6-9-34-10-7-31)24(19)12-22(17)21-3-5-32(15-23(21)27)20-4-8-35-16-20/h11-14,20-21,23H,3-10,15-16H2,1-2H3. The van der Waals surface area contributed by atoms with Gasteiger partial charge in [-0.05, 0) is 56.5 Å². The molecule has 3 saturated heterocycles. The van der Waals surface area contributed by atoms with Gasteiger partial charge >= 0.3 is 0 Å². The van der Waals surface area contributed by atoms with Crippen molar-refractivity contribution >= 4 is 16.7 Å². The van der Waals surface area contributed by atoms with Crippen molar-refractivity contribution < 1.29 is 13.9 Å². The molecule has 0 bridgehead atoms. The molecule has 0 amide bonds. The highest BCUT2D eigenvalue weighted by Crippen LogP contribution is 2.36. The Kier molecular flexibility index (Phi) is 6.16. The number of piperidine rings is 1. The maximum absolute atomic E-state index is 15.5. The van der Waals surface area contributed by atoms with E-state index in [1.54, 1.807) is 0 Å². The number of aryl methyl sites for hydroxylation is 2. The average molecular weight is 481 g/mol. The lowest BCUT2D eigenvalue weighted by molar-refractivity contribution is 0.0728. The van der Waals surface area contributed by atoms with Gasteiger partial charge in [-0.15, -0.1) is 0 Å². The van der Waals surface area contributed by atoms with Crippen LogP contribution in [0.5, 0.6) is 0 Å². The van der Waals surface area contributed by atoms with Crippen molar-refractivity contribution in [3.63, 3.8) is 0 Å². The molecule has 1 aromatic carbocycles. The molecule has 186 valence electrons. The van der Waals surface area contributed by atoms with Crippen LogP contribution < -0.4 is 4.90 Å². The number of halogens is 1. The molecule has 6 rings (SSSR count). The van der Waals surface area contributed by atoms with Crippen molar-refractivity contribution in [1.82, 2.24) is 24.6 Å². The van der Waals surface area contributed by atoms with Gasteiger partial charge in [0.2, 0.25) is 0 Å². The minimum absolute atomic E-state index is 0.114. The topological polar surface area (TPSA) is 68.5 Å². The molecule has 3 fully saturated rings. The van der Waals surface area contributed by atoms with Crippen molar-refractivity contribution in [3.8, 4) is 5.82 Å². The first-order valence-electron chi connectivity index (χ1n) is 12.7. The first kappa shape index (κ1) is 22.8. The SMILES string of the molecule is Cc1nc(N2CCOCC2)cc(-n2ncc3cc(C)c(C4CCN(C5CCOC5)CC4F)cc32)n1. The van der Waals surface area contributed by atoms with Gasteiger partial charge in [0.25, 0.3) is 0 Å². The summed E-state index contributed by atoms with van der Waals surface area (Å²) >= 11 is 0. The number of likely N-dealkylation sites (tertiary alicyclic amines) is 1. The summed E-state index contributed by atoms with van der Waals surface area (Å²) in [5.74, 6) is 2.21. The van der Waals surface area contributed by atoms with Crippen molar-refractivity contribution in [3.05, 3.63) is 41.3 Å². The Morgan fingerprint density at radius 1 is 0.943 bits per heavy atom. The molecule has 35 heavy (non-hydrogen) atoms. The first-order chi connectivity index (χ1) is 17.1. The number of morpholine rings is 1. The second kappa shape index (κ2) is 9.44. The molecular weight excluding hydrogens is 447 g/mol. The van der Waals surface area contributed by atoms with Gasteiger partial charge in [-0.25, -0.2) is 19.0 Å². The number of ether oxygens (including phenoxy) is 2. The zero-order valence-electron chi connectivity index (χ0n) is 20.5. The van der Waals surface area contributed by atoms with Gasteiger partial charge in [-0.3, -0.25) is 4.90 Å². The Hall–Kier alpha value is -2.62. The Morgan fingerprint density at radius 3 is 2.54 bits per heavy atom. The summed E-state index contributed by atoms with van der Waals surface area (Å²) in [5.41, 5.74) is 3.15. The number of alkyl halides is 1. The molecule has 9 heteroatoms. The number of anilines is 1. The number of hydrogen-bond acceptors (Lipinski definition) is 7. The van der Waals surface area contributed by atoms with Gasteiger partial charge in [0, 0.05) is 49.7 Å². The van der Waals surface area contributed by atoms with E-state index in [1.807, 2.05) is 23.9 Å². The van der Waals surface area contributed by atoms with Crippen LogP contribution in [-0.2, 0) is 9.47 Å². The summed E-state index contributed by atoms with van der Waals surface area (Å²) in [6.07, 6.45) is 2.79. The monoisotopic (exact) mass is 480 g/mol. The van der Waals surface area contributed by atoms with Gasteiger partial charge in [0.15, 0.2) is 5.82 Å². The van der Waals surface area contributed by atoms with Crippen LogP contribution in [0.1, 0.15) is 35.7 Å². The molecule has 8 nitrogen and oxygen atoms in total. The molecule has 3 aliphatic heterocycles. The Morgan fingerprint density at radius 2 is 1.77 bits per heavy atom. The molecule has 3 aromatic rings. The summed E-state index contributed by atoms with van der Waals surface area (Å²) in [6, 6.07) is 6.62. The highest BCUT2D eigenvalue weighted by molar-refractivity contribution is 5.82. The number of benzene rings is 1. The minimum atomic E-state index is -0.897. The average Bonchev–Trinajstić information content (AvgIpc) is 3.54. The van der Waals surface area contributed by atoms with Crippen molar-refractivity contribution in [2.75, 3.05) is 57.5 Å². The van der Waals surface area contributed by atoms with Crippen LogP contribution in [0.4, 0.5) is 10.2 Å². The van der Waals surface area contributed by atoms with Crippen LogP contribution in [0.15, 0.2) is 24.4 Å². The van der Waals surface area contributed by atoms with Gasteiger partial charge in [-0.2, -0.15) is 5.10 Å². The van der Waals surface area contributed by atoms with Crippen LogP contribution >= 0.6 is 0 Å². The molecule has 0 radical (unpaired) electrons. The molecular formula is C26H33FN6O2. The number of hydrogen-bond donors (Lipinski definition) is 0. The molecule has 3 unspecified atom stereocenters. The summed E-state index contributed by atoms with van der Waals surface area (Å²) in [7, 11) is 0. The van der Waals surface area contributed by atoms with Gasteiger partial charge in [0.05, 0.1) is 31.5 Å². The van der Waals surface area contributed by atoms with E-state index in [9.17, 15) is 0 Å². The predicted octanol–water partition coefficient (Wildman–Crippen LogP) is 3.19. The third-order valence-electron chi connectivity index (χ3n) is 7.71. The second-order valence-corrected chi connectivity index (χ2v) is 9.98. The van der Waals surface area contributed by atoms with Crippen molar-refractivity contribution in [2.45, 2.75) is 44.8 Å². The maximum atomic E-state index is 15.5. The Labute approximate surface area is 205 Å². The Balaban J connectivity index is 1.32. The van der Waals surface area contributed by atoms with E-state index in [2.05, 4.69) is 38.9 Å². The fourth-order valence-corrected chi connectivity index (χ4v) is 5.81. The molecule has 0 aliphatic carbocycles. The lowest BCUT2D eigenvalue weighted by Gasteiger charge is -2.38. The van der Waals surface area contributed by atoms with E-state index >= 15 is 4.39 Å². The smallest absolute Gasteiger partial charge is 0.159 e. The van der Waals surface area contributed by atoms with E-state index in [4.69, 9.17) is 14.5 Å². The predicted molar refractivity (Wildman–Crippen MR) is 132 cm³/mol. The summed E-state index contributed by atoms with van der Waals surface area (Å²) in [4.78, 5) is 13.9. The summed E-state index contributed by atoms with van der Waals surface area (Å²) in [6.45, 7) is 9.90. The van der Waals surface area contributed by atoms with E-state index in [1.165, 1.54) is 0 Å². The molecule has 5 heterocycles. The molecule has 0 spiro atoms. The molecule has 0 N–H and O–H groups in total. The fourth-order valence-electron chi connectivity index (χ4n) is 5.81. The quantitative estimate of drug-likeness (QED) is 0.568. The van der Waals surface area contributed by atoms with E-state index in [0.29, 0.717) is 31.6 Å². The maximum Gasteiger partial charge on any atom is 0.159 e. The lowest BCUT2D eigenvalue weighted by atomic mass is 9.84. The molecule has 3 atom stereocenters. The van der Waals surface area contributed by atoms with Crippen LogP contribution in [-0.4, -0.2) is 89.5 Å². The third-order valence-corrected chi connectivity index (χ3v) is 7.71. The van der Waals surface area contributed by atoms with Crippen molar-refractivity contribution in [2.24, 2.45) is 0 Å². The van der Waals surface area contributed by atoms with E-state index in [0.717, 1.165) is 79.4 Å². The number of fused-ring (bicyclic) bond motifs is 1. The highest BCUT2D eigenvalue weighted by atomic mass is 19.1. The Bertz CT molecular complexity index is 1200. The summed E-state index contributed by atoms with van der Waals surface area (Å²) < 4.78 is 28.4. The zero-order chi connectivity index (χ0) is 23.9. The lowest BCUT2D eigenvalue weighted by Crippen LogP contribution is -2.46. The van der Waals surface area contributed by atoms with E-state index < -0.39 is 6.17 Å². The largest absolute Gasteiger partial charge is 0.380 e. The fraction of sp³-hybridized carbons (Fsp3) is 0.577. The zero-order valence-corrected chi connectivity index (χ0v) is 20.5. The van der Waals surface area contributed by atoms with Gasteiger partial charge in [-0.1, -0.05) is 0 Å². The number of rotatable bonds is 4. The number of nitrogens with zero attached hydrogens (tertiary/aromatic N) is 6. The molecule has 3 aliphatic rings. The third kappa shape index (κ3) is 4.41. The van der Waals surface area contributed by atoms with Crippen LogP contribution in [0.25, 0.3) is 16.7 Å². The number of aromatic nitrogens is 4. The molecule has 2 aromatic heterocycles. The van der Waals surface area contributed by atoms with E-state index in [-0.39, 0.29) is 5.92 Å². The molecule has 0 saturated carbocycles. The van der Waals surface area contributed by atoms with Crippen molar-refractivity contribution in [1.29, 1.82) is 0 Å². The van der Waals surface area contributed by atoms with Crippen LogP contribution in [0.3, 0.4) is 0 Å². The highest BCUT2D eigenvalue weighted by Gasteiger charge is 2.35. The van der Waals surface area contributed by atoms with Crippen LogP contribution in [0, 0.1) is 13.8 Å².